The van der Waals surface area contributed by atoms with Crippen LogP contribution in [0.2, 0.25) is 0 Å². The molecule has 1 aliphatic heterocycles. The molecule has 0 spiro atoms. The fraction of sp³-hybridized carbons (Fsp3) is 0.818. The van der Waals surface area contributed by atoms with Gasteiger partial charge in [0.05, 0.1) is 13.0 Å². The maximum Gasteiger partial charge on any atom is 0.230 e. The van der Waals surface area contributed by atoms with E-state index in [1.54, 1.807) is 4.90 Å². The van der Waals surface area contributed by atoms with E-state index < -0.39 is 0 Å². The van der Waals surface area contributed by atoms with Gasteiger partial charge in [0.1, 0.15) is 0 Å². The summed E-state index contributed by atoms with van der Waals surface area (Å²) < 4.78 is 0. The van der Waals surface area contributed by atoms with Crippen LogP contribution in [0, 0.1) is 5.41 Å². The molecule has 1 amide bonds. The van der Waals surface area contributed by atoms with E-state index in [9.17, 15) is 9.59 Å². The van der Waals surface area contributed by atoms with Crippen molar-refractivity contribution in [3.8, 4) is 0 Å². The van der Waals surface area contributed by atoms with Gasteiger partial charge in [0.15, 0.2) is 5.78 Å². The fourth-order valence-electron chi connectivity index (χ4n) is 2.49. The average Bonchev–Trinajstić information content (AvgIpc) is 2.38. The molecule has 1 saturated carbocycles. The Kier molecular flexibility index (Phi) is 2.33. The number of carbonyl (C=O) groups excluding carboxylic acids is 2. The van der Waals surface area contributed by atoms with Crippen LogP contribution in [-0.4, -0.2) is 29.7 Å². The lowest BCUT2D eigenvalue weighted by Crippen LogP contribution is -2.42. The van der Waals surface area contributed by atoms with Crippen LogP contribution in [0.4, 0.5) is 0 Å². The number of nitrogens with zero attached hydrogens (tertiary/aromatic N) is 1. The molecule has 1 saturated heterocycles. The number of hydrogen-bond donors (Lipinski definition) is 0. The smallest absolute Gasteiger partial charge is 0.230 e. The van der Waals surface area contributed by atoms with E-state index >= 15 is 0 Å². The largest absolute Gasteiger partial charge is 0.334 e. The van der Waals surface area contributed by atoms with Crippen molar-refractivity contribution in [3.63, 3.8) is 0 Å². The Morgan fingerprint density at radius 3 is 2.43 bits per heavy atom. The third-order valence-corrected chi connectivity index (χ3v) is 3.76. The van der Waals surface area contributed by atoms with E-state index in [0.29, 0.717) is 12.0 Å². The summed E-state index contributed by atoms with van der Waals surface area (Å²) in [6.07, 6.45) is 5.00. The topological polar surface area (TPSA) is 37.4 Å². The molecule has 0 atom stereocenters. The highest BCUT2D eigenvalue weighted by molar-refractivity contribution is 6.05. The third-order valence-electron chi connectivity index (χ3n) is 3.76. The molecule has 2 rings (SSSR count). The van der Waals surface area contributed by atoms with Crippen molar-refractivity contribution >= 4 is 11.7 Å². The van der Waals surface area contributed by atoms with Crippen LogP contribution in [0.25, 0.3) is 0 Å². The molecule has 0 radical (unpaired) electrons. The van der Waals surface area contributed by atoms with Crippen LogP contribution < -0.4 is 0 Å². The summed E-state index contributed by atoms with van der Waals surface area (Å²) in [5.41, 5.74) is 0.348. The van der Waals surface area contributed by atoms with Crippen LogP contribution in [0.15, 0.2) is 0 Å². The second-order valence-corrected chi connectivity index (χ2v) is 4.67. The van der Waals surface area contributed by atoms with E-state index in [1.165, 1.54) is 19.3 Å². The summed E-state index contributed by atoms with van der Waals surface area (Å²) in [7, 11) is 0. The van der Waals surface area contributed by atoms with Gasteiger partial charge in [-0.15, -0.1) is 0 Å². The van der Waals surface area contributed by atoms with Gasteiger partial charge in [-0.05, 0) is 24.7 Å². The van der Waals surface area contributed by atoms with E-state index in [1.807, 2.05) is 0 Å². The number of ketones is 1. The second-order valence-electron chi connectivity index (χ2n) is 4.67. The molecule has 1 aliphatic carbocycles. The molecule has 3 heteroatoms. The van der Waals surface area contributed by atoms with Crippen molar-refractivity contribution in [2.24, 2.45) is 5.41 Å². The first kappa shape index (κ1) is 9.69. The fourth-order valence-corrected chi connectivity index (χ4v) is 2.49. The molecule has 0 N–H and O–H groups in total. The number of Topliss-reactive ketones (excluding diaryl/α,β-unsaturated/α-hetero) is 1. The van der Waals surface area contributed by atoms with Crippen LogP contribution in [-0.2, 0) is 9.59 Å². The van der Waals surface area contributed by atoms with Crippen molar-refractivity contribution in [2.45, 2.75) is 39.0 Å². The molecule has 0 bridgehead atoms. The third kappa shape index (κ3) is 1.56. The Balaban J connectivity index is 1.96. The zero-order valence-electron chi connectivity index (χ0n) is 8.71. The summed E-state index contributed by atoms with van der Waals surface area (Å²) in [6, 6.07) is 0. The van der Waals surface area contributed by atoms with Gasteiger partial charge in [-0.1, -0.05) is 13.3 Å². The van der Waals surface area contributed by atoms with Crippen molar-refractivity contribution in [1.29, 1.82) is 0 Å². The standard InChI is InChI=1S/C11H17NO2/c1-2-11(4-3-5-11)8-12-7-9(13)6-10(12)14/h2-8H2,1H3. The van der Waals surface area contributed by atoms with Crippen molar-refractivity contribution in [1.82, 2.24) is 4.90 Å². The Morgan fingerprint density at radius 2 is 2.07 bits per heavy atom. The van der Waals surface area contributed by atoms with Crippen LogP contribution in [0.1, 0.15) is 39.0 Å². The number of hydrogen-bond acceptors (Lipinski definition) is 2. The monoisotopic (exact) mass is 195 g/mol. The van der Waals surface area contributed by atoms with Gasteiger partial charge in [0.2, 0.25) is 5.91 Å². The Labute approximate surface area is 84.5 Å². The minimum atomic E-state index is 0.0368. The normalized spacial score (nSPS) is 25.4. The zero-order valence-corrected chi connectivity index (χ0v) is 8.71. The first-order valence-electron chi connectivity index (χ1n) is 5.45. The minimum Gasteiger partial charge on any atom is -0.334 e. The molecule has 3 nitrogen and oxygen atoms in total. The Hall–Kier alpha value is -0.860. The van der Waals surface area contributed by atoms with Gasteiger partial charge in [0, 0.05) is 6.54 Å². The van der Waals surface area contributed by atoms with E-state index in [4.69, 9.17) is 0 Å². The summed E-state index contributed by atoms with van der Waals surface area (Å²) in [5.74, 6) is 0.121. The minimum absolute atomic E-state index is 0.0368. The highest BCUT2D eigenvalue weighted by atomic mass is 16.2. The van der Waals surface area contributed by atoms with Gasteiger partial charge in [-0.2, -0.15) is 0 Å². The van der Waals surface area contributed by atoms with Crippen LogP contribution in [0.5, 0.6) is 0 Å². The van der Waals surface area contributed by atoms with Crippen LogP contribution in [0.3, 0.4) is 0 Å². The zero-order chi connectivity index (χ0) is 10.2. The molecular weight excluding hydrogens is 178 g/mol. The lowest BCUT2D eigenvalue weighted by Gasteiger charge is -2.43. The average molecular weight is 195 g/mol. The summed E-state index contributed by atoms with van der Waals surface area (Å²) in [5, 5.41) is 0. The van der Waals surface area contributed by atoms with Gasteiger partial charge < -0.3 is 4.90 Å². The maximum atomic E-state index is 11.4. The number of rotatable bonds is 3. The highest BCUT2D eigenvalue weighted by Crippen LogP contribution is 2.44. The second kappa shape index (κ2) is 3.37. The Morgan fingerprint density at radius 1 is 1.36 bits per heavy atom. The van der Waals surface area contributed by atoms with Crippen molar-refractivity contribution < 1.29 is 9.59 Å². The molecule has 0 aromatic rings. The van der Waals surface area contributed by atoms with E-state index in [2.05, 4.69) is 6.92 Å². The molecule has 0 unspecified atom stereocenters. The molecule has 14 heavy (non-hydrogen) atoms. The van der Waals surface area contributed by atoms with Crippen molar-refractivity contribution in [2.75, 3.05) is 13.1 Å². The number of carbonyl (C=O) groups is 2. The first-order chi connectivity index (χ1) is 6.65. The molecular formula is C11H17NO2. The van der Waals surface area contributed by atoms with E-state index in [-0.39, 0.29) is 18.1 Å². The number of amides is 1. The predicted molar refractivity (Wildman–Crippen MR) is 52.8 cm³/mol. The first-order valence-corrected chi connectivity index (χ1v) is 5.45. The lowest BCUT2D eigenvalue weighted by atomic mass is 9.67. The Bertz CT molecular complexity index is 263. The van der Waals surface area contributed by atoms with E-state index in [0.717, 1.165) is 13.0 Å². The molecule has 78 valence electrons. The van der Waals surface area contributed by atoms with Gasteiger partial charge in [-0.3, -0.25) is 9.59 Å². The SMILES string of the molecule is CCC1(CN2CC(=O)CC2=O)CCC1. The van der Waals surface area contributed by atoms with Gasteiger partial charge >= 0.3 is 0 Å². The maximum absolute atomic E-state index is 11.4. The summed E-state index contributed by atoms with van der Waals surface area (Å²) in [4.78, 5) is 24.3. The molecule has 2 aliphatic rings. The molecule has 0 aromatic carbocycles. The number of likely N-dealkylation sites (tertiary alicyclic amines) is 1. The van der Waals surface area contributed by atoms with Gasteiger partial charge in [-0.25, -0.2) is 0 Å². The quantitative estimate of drug-likeness (QED) is 0.638. The predicted octanol–water partition coefficient (Wildman–Crippen LogP) is 1.37. The molecule has 1 heterocycles. The molecule has 2 fully saturated rings. The summed E-state index contributed by atoms with van der Waals surface area (Å²) in [6.45, 7) is 3.36. The summed E-state index contributed by atoms with van der Waals surface area (Å²) >= 11 is 0. The molecule has 0 aromatic heterocycles. The van der Waals surface area contributed by atoms with Crippen LogP contribution >= 0.6 is 0 Å². The van der Waals surface area contributed by atoms with Crippen molar-refractivity contribution in [3.05, 3.63) is 0 Å². The lowest BCUT2D eigenvalue weighted by molar-refractivity contribution is -0.130. The highest BCUT2D eigenvalue weighted by Gasteiger charge is 2.40. The van der Waals surface area contributed by atoms with Gasteiger partial charge in [0.25, 0.3) is 0 Å².